The lowest BCUT2D eigenvalue weighted by atomic mass is 9.31. The van der Waals surface area contributed by atoms with Gasteiger partial charge in [0.2, 0.25) is 5.91 Å². The molecule has 1 amide bonds. The fraction of sp³-hybridized carbons (Fsp3) is 0.766. The summed E-state index contributed by atoms with van der Waals surface area (Å²) in [6.07, 6.45) is 11.6. The van der Waals surface area contributed by atoms with E-state index in [4.69, 9.17) is 10.5 Å². The van der Waals surface area contributed by atoms with Gasteiger partial charge in [-0.1, -0.05) is 54.5 Å². The Kier molecular flexibility index (Phi) is 11.3. The van der Waals surface area contributed by atoms with Gasteiger partial charge in [0.1, 0.15) is 6.10 Å². The number of pyridine rings is 1. The highest BCUT2D eigenvalue weighted by Gasteiger charge is 2.74. The predicted molar refractivity (Wildman–Crippen MR) is 222 cm³/mol. The minimum Gasteiger partial charge on any atom is -0.481 e. The summed E-state index contributed by atoms with van der Waals surface area (Å²) >= 11 is 0. The highest BCUT2D eigenvalue weighted by atomic mass is 16.5. The van der Waals surface area contributed by atoms with Crippen molar-refractivity contribution >= 4 is 23.6 Å². The second-order valence-corrected chi connectivity index (χ2v) is 21.6. The summed E-state index contributed by atoms with van der Waals surface area (Å²) in [7, 11) is 3.84. The normalized spacial score (nSPS) is 36.0. The Morgan fingerprint density at radius 2 is 1.68 bits per heavy atom. The number of hydrogen-bond acceptors (Lipinski definition) is 8. The van der Waals surface area contributed by atoms with Gasteiger partial charge in [0.15, 0.2) is 5.78 Å². The number of nitrogens with zero attached hydrogens (tertiary/aromatic N) is 3. The zero-order valence-corrected chi connectivity index (χ0v) is 36.9. The molecular formula is C47H72N4O6. The van der Waals surface area contributed by atoms with Gasteiger partial charge >= 0.3 is 11.9 Å². The molecule has 0 spiro atoms. The molecule has 4 fully saturated rings. The van der Waals surface area contributed by atoms with Crippen molar-refractivity contribution in [1.82, 2.24) is 14.8 Å². The number of ketones is 1. The van der Waals surface area contributed by atoms with Crippen molar-refractivity contribution in [1.29, 1.82) is 0 Å². The van der Waals surface area contributed by atoms with Gasteiger partial charge in [-0.05, 0) is 143 Å². The van der Waals surface area contributed by atoms with Crippen LogP contribution in [0.15, 0.2) is 35.7 Å². The van der Waals surface area contributed by atoms with Crippen LogP contribution in [-0.4, -0.2) is 82.3 Å². The summed E-state index contributed by atoms with van der Waals surface area (Å²) in [6, 6.07) is 3.92. The van der Waals surface area contributed by atoms with Gasteiger partial charge in [0.05, 0.1) is 18.4 Å². The van der Waals surface area contributed by atoms with E-state index in [0.717, 1.165) is 62.5 Å². The number of likely N-dealkylation sites (N-methyl/N-ethyl adjacent to an activating group) is 1. The first-order valence-electron chi connectivity index (χ1n) is 21.7. The number of nitrogens with two attached hydrogens (primary N) is 1. The first-order chi connectivity index (χ1) is 26.4. The molecule has 316 valence electrons. The lowest BCUT2D eigenvalue weighted by Gasteiger charge is -2.74. The standard InChI is InChI=1S/C47H72N4O6/c1-30(2)38-32(52)25-46(22-24-51(36(53)29-50(10)11)28-31-13-12-23-49-27-31)21-20-45(9)44(8)18-14-33-42(5,6)35(57-37(54)26-41(3,4)40(55)56)16-17-43(33,7)34(44)15-19-47(45,48)39(38)46/h12-13,23,27,30,33-35H,14-22,24-26,28-29,48H2,1-11H3,(H,55,56)/t33-,34+,35-,43-,44+,45-,46?,47-/m0/s1. The Morgan fingerprint density at radius 3 is 2.30 bits per heavy atom. The number of rotatable bonds is 12. The van der Waals surface area contributed by atoms with Crippen molar-refractivity contribution in [3.63, 3.8) is 0 Å². The molecule has 0 aliphatic heterocycles. The van der Waals surface area contributed by atoms with Crippen LogP contribution in [0.25, 0.3) is 0 Å². The van der Waals surface area contributed by atoms with Gasteiger partial charge in [-0.25, -0.2) is 0 Å². The molecule has 1 aromatic rings. The average molecular weight is 789 g/mol. The summed E-state index contributed by atoms with van der Waals surface area (Å²) in [5, 5.41) is 9.65. The van der Waals surface area contributed by atoms with Crippen LogP contribution >= 0.6 is 0 Å². The summed E-state index contributed by atoms with van der Waals surface area (Å²) in [4.78, 5) is 61.3. The van der Waals surface area contributed by atoms with Gasteiger partial charge in [-0.15, -0.1) is 0 Å². The minimum atomic E-state index is -1.18. The molecule has 6 rings (SSSR count). The number of carboxylic acid groups (broad SMARTS) is 1. The van der Waals surface area contributed by atoms with E-state index in [2.05, 4.69) is 53.5 Å². The molecule has 10 nitrogen and oxygen atoms in total. The van der Waals surface area contributed by atoms with Crippen molar-refractivity contribution in [2.75, 3.05) is 27.2 Å². The van der Waals surface area contributed by atoms with E-state index in [0.29, 0.717) is 44.3 Å². The predicted octanol–water partition coefficient (Wildman–Crippen LogP) is 7.84. The van der Waals surface area contributed by atoms with Crippen LogP contribution in [0.5, 0.6) is 0 Å². The SMILES string of the molecule is CC(C)C1=C2C(CCN(Cc3cccnc3)C(=O)CN(C)C)(CC[C@]3(C)[C@]2(N)CC[C@@H]2[C@@]4(C)CC[C@H](OC(=O)CC(C)(C)C(=O)O)C(C)(C)[C@@H]4CC[C@]23C)CC1=O. The smallest absolute Gasteiger partial charge is 0.309 e. The third-order valence-electron chi connectivity index (χ3n) is 17.0. The lowest BCUT2D eigenvalue weighted by molar-refractivity contribution is -0.237. The molecule has 5 aliphatic carbocycles. The summed E-state index contributed by atoms with van der Waals surface area (Å²) in [5.41, 5.74) is 8.39. The van der Waals surface area contributed by atoms with E-state index >= 15 is 0 Å². The van der Waals surface area contributed by atoms with Gasteiger partial charge in [0, 0.05) is 48.3 Å². The highest BCUT2D eigenvalue weighted by Crippen LogP contribution is 2.77. The molecule has 0 bridgehead atoms. The first-order valence-corrected chi connectivity index (χ1v) is 21.7. The van der Waals surface area contributed by atoms with Crippen LogP contribution in [-0.2, 0) is 30.5 Å². The highest BCUT2D eigenvalue weighted by molar-refractivity contribution is 6.01. The number of aliphatic carboxylic acids is 1. The third kappa shape index (κ3) is 7.00. The van der Waals surface area contributed by atoms with E-state index in [1.54, 1.807) is 20.0 Å². The van der Waals surface area contributed by atoms with Crippen LogP contribution in [0.2, 0.25) is 0 Å². The number of ether oxygens (including phenoxy) is 1. The van der Waals surface area contributed by atoms with Gasteiger partial charge < -0.3 is 25.4 Å². The molecule has 0 saturated heterocycles. The monoisotopic (exact) mass is 789 g/mol. The number of fused-ring (bicyclic) bond motifs is 7. The van der Waals surface area contributed by atoms with E-state index in [-0.39, 0.29) is 57.2 Å². The summed E-state index contributed by atoms with van der Waals surface area (Å²) < 4.78 is 6.19. The summed E-state index contributed by atoms with van der Waals surface area (Å²) in [5.74, 6) is -0.358. The van der Waals surface area contributed by atoms with Gasteiger partial charge in [-0.2, -0.15) is 0 Å². The Labute approximate surface area is 342 Å². The lowest BCUT2D eigenvalue weighted by Crippen LogP contribution is -2.74. The molecule has 3 N–H and O–H groups in total. The quantitative estimate of drug-likeness (QED) is 0.203. The molecule has 5 aliphatic rings. The minimum absolute atomic E-state index is 0.00102. The molecule has 1 aromatic heterocycles. The van der Waals surface area contributed by atoms with Crippen LogP contribution in [0.3, 0.4) is 0 Å². The largest absolute Gasteiger partial charge is 0.481 e. The van der Waals surface area contributed by atoms with Gasteiger partial charge in [0.25, 0.3) is 0 Å². The van der Waals surface area contributed by atoms with E-state index in [9.17, 15) is 24.3 Å². The Hall–Kier alpha value is -3.11. The molecule has 0 aromatic carbocycles. The van der Waals surface area contributed by atoms with E-state index in [1.165, 1.54) is 5.57 Å². The number of aromatic nitrogens is 1. The molecule has 4 saturated carbocycles. The van der Waals surface area contributed by atoms with Crippen molar-refractivity contribution in [2.24, 2.45) is 56.0 Å². The van der Waals surface area contributed by atoms with Crippen LogP contribution in [0.4, 0.5) is 0 Å². The van der Waals surface area contributed by atoms with E-state index in [1.807, 2.05) is 42.2 Å². The number of hydrogen-bond donors (Lipinski definition) is 2. The number of Topliss-reactive ketones (excluding diaryl/α,β-unsaturated/α-hetero) is 1. The number of amides is 1. The Bertz CT molecular complexity index is 1790. The number of allylic oxidation sites excluding steroid dienone is 1. The molecule has 0 radical (unpaired) electrons. The first kappa shape index (κ1) is 43.5. The Morgan fingerprint density at radius 1 is 1.00 bits per heavy atom. The molecule has 8 atom stereocenters. The average Bonchev–Trinajstić information content (AvgIpc) is 3.42. The Balaban J connectivity index is 1.31. The fourth-order valence-electron chi connectivity index (χ4n) is 13.8. The third-order valence-corrected chi connectivity index (χ3v) is 17.0. The fourth-order valence-corrected chi connectivity index (χ4v) is 13.8. The van der Waals surface area contributed by atoms with Gasteiger partial charge in [-0.3, -0.25) is 24.2 Å². The number of carbonyl (C=O) groups excluding carboxylic acids is 3. The van der Waals surface area contributed by atoms with Crippen LogP contribution in [0, 0.1) is 50.2 Å². The molecule has 57 heavy (non-hydrogen) atoms. The molecule has 1 unspecified atom stereocenters. The zero-order valence-electron chi connectivity index (χ0n) is 36.9. The second kappa shape index (κ2) is 14.9. The molecule has 1 heterocycles. The summed E-state index contributed by atoms with van der Waals surface area (Å²) in [6.45, 7) is 20.8. The maximum absolute atomic E-state index is 14.3. The van der Waals surface area contributed by atoms with Crippen molar-refractivity contribution in [3.05, 3.63) is 41.2 Å². The molecular weight excluding hydrogens is 717 g/mol. The van der Waals surface area contributed by atoms with Crippen molar-refractivity contribution in [2.45, 2.75) is 151 Å². The number of carboxylic acids is 1. The number of carbonyl (C=O) groups is 4. The van der Waals surface area contributed by atoms with Crippen LogP contribution < -0.4 is 5.73 Å². The maximum atomic E-state index is 14.3. The maximum Gasteiger partial charge on any atom is 0.309 e. The van der Waals surface area contributed by atoms with Crippen molar-refractivity contribution < 1.29 is 29.0 Å². The topological polar surface area (TPSA) is 143 Å². The number of esters is 1. The van der Waals surface area contributed by atoms with E-state index < -0.39 is 22.9 Å². The zero-order chi connectivity index (χ0) is 42.1. The molecule has 10 heteroatoms. The van der Waals surface area contributed by atoms with Crippen LogP contribution in [0.1, 0.15) is 139 Å². The van der Waals surface area contributed by atoms with Crippen molar-refractivity contribution in [3.8, 4) is 0 Å². The second-order valence-electron chi connectivity index (χ2n) is 21.6.